The van der Waals surface area contributed by atoms with E-state index in [0.29, 0.717) is 17.6 Å². The van der Waals surface area contributed by atoms with Crippen LogP contribution < -0.4 is 0 Å². The van der Waals surface area contributed by atoms with E-state index in [2.05, 4.69) is 161 Å². The minimum atomic E-state index is 0.585. The maximum Gasteiger partial charge on any atom is 0.238 e. The molecule has 0 unspecified atom stereocenters. The molecular weight excluding hydrogens is 659 g/mol. The molecule has 0 aliphatic carbocycles. The summed E-state index contributed by atoms with van der Waals surface area (Å²) in [7, 11) is 0. The Morgan fingerprint density at radius 2 is 0.815 bits per heavy atom. The zero-order valence-electron chi connectivity index (χ0n) is 29.1. The Morgan fingerprint density at radius 1 is 0.315 bits per heavy atom. The summed E-state index contributed by atoms with van der Waals surface area (Å²) in [5.74, 6) is 1.85. The van der Waals surface area contributed by atoms with Gasteiger partial charge >= 0.3 is 0 Å². The molecule has 0 atom stereocenters. The number of fused-ring (bicyclic) bond motifs is 8. The van der Waals surface area contributed by atoms with E-state index in [9.17, 15) is 0 Å². The summed E-state index contributed by atoms with van der Waals surface area (Å²) in [6.45, 7) is 0. The van der Waals surface area contributed by atoms with E-state index in [1.54, 1.807) is 0 Å². The van der Waals surface area contributed by atoms with Gasteiger partial charge in [-0.3, -0.25) is 4.57 Å². The summed E-state index contributed by atoms with van der Waals surface area (Å²) in [6.07, 6.45) is 0. The van der Waals surface area contributed by atoms with E-state index in [1.165, 1.54) is 38.3 Å². The van der Waals surface area contributed by atoms with Gasteiger partial charge in [0.2, 0.25) is 5.95 Å². The summed E-state index contributed by atoms with van der Waals surface area (Å²) >= 11 is 0. The van der Waals surface area contributed by atoms with Crippen LogP contribution in [0.5, 0.6) is 0 Å². The first kappa shape index (κ1) is 30.3. The molecule has 0 spiro atoms. The van der Waals surface area contributed by atoms with E-state index >= 15 is 0 Å². The monoisotopic (exact) mass is 689 g/mol. The van der Waals surface area contributed by atoms with Gasteiger partial charge in [0, 0.05) is 43.7 Å². The van der Waals surface area contributed by atoms with Gasteiger partial charge in [-0.05, 0) is 59.0 Å². The van der Waals surface area contributed by atoms with Crippen molar-refractivity contribution >= 4 is 54.4 Å². The lowest BCUT2D eigenvalue weighted by atomic mass is 9.94. The molecule has 0 fully saturated rings. The van der Waals surface area contributed by atoms with Crippen molar-refractivity contribution in [2.75, 3.05) is 0 Å². The molecule has 11 aromatic rings. The number of para-hydroxylation sites is 3. The predicted molar refractivity (Wildman–Crippen MR) is 222 cm³/mol. The van der Waals surface area contributed by atoms with Gasteiger partial charge in [-0.15, -0.1) is 0 Å². The molecule has 3 aromatic heterocycles. The first-order valence-electron chi connectivity index (χ1n) is 18.2. The average Bonchev–Trinajstić information content (AvgIpc) is 3.77. The molecule has 0 aliphatic heterocycles. The minimum Gasteiger partial charge on any atom is -0.309 e. The third-order valence-corrected chi connectivity index (χ3v) is 10.6. The number of nitrogens with zero attached hydrogens (tertiary/aromatic N) is 5. The summed E-state index contributed by atoms with van der Waals surface area (Å²) in [6, 6.07) is 66.2. The Morgan fingerprint density at radius 3 is 1.46 bits per heavy atom. The molecule has 0 saturated carbocycles. The van der Waals surface area contributed by atoms with Crippen molar-refractivity contribution in [1.29, 1.82) is 0 Å². The Kier molecular flexibility index (Phi) is 6.79. The highest BCUT2D eigenvalue weighted by molar-refractivity contribution is 6.22. The fraction of sp³-hybridized carbons (Fsp3) is 0. The van der Waals surface area contributed by atoms with Crippen LogP contribution in [0.4, 0.5) is 0 Å². The fourth-order valence-electron chi connectivity index (χ4n) is 8.16. The summed E-state index contributed by atoms with van der Waals surface area (Å²) < 4.78 is 4.60. The van der Waals surface area contributed by atoms with Gasteiger partial charge in [0.05, 0.1) is 22.1 Å². The van der Waals surface area contributed by atoms with Crippen LogP contribution in [0.15, 0.2) is 188 Å². The van der Waals surface area contributed by atoms with E-state index < -0.39 is 0 Å². The van der Waals surface area contributed by atoms with Crippen molar-refractivity contribution in [3.8, 4) is 45.5 Å². The van der Waals surface area contributed by atoms with Crippen LogP contribution in [0.1, 0.15) is 0 Å². The Balaban J connectivity index is 1.20. The van der Waals surface area contributed by atoms with Crippen LogP contribution in [0, 0.1) is 0 Å². The minimum absolute atomic E-state index is 0.585. The zero-order valence-corrected chi connectivity index (χ0v) is 29.1. The van der Waals surface area contributed by atoms with Gasteiger partial charge in [0.15, 0.2) is 11.6 Å². The number of benzene rings is 8. The van der Waals surface area contributed by atoms with Crippen molar-refractivity contribution in [3.63, 3.8) is 0 Å². The maximum absolute atomic E-state index is 5.19. The van der Waals surface area contributed by atoms with Gasteiger partial charge < -0.3 is 4.57 Å². The smallest absolute Gasteiger partial charge is 0.238 e. The first-order valence-corrected chi connectivity index (χ1v) is 18.2. The molecular formula is C49H31N5. The molecule has 252 valence electrons. The van der Waals surface area contributed by atoms with E-state index in [0.717, 1.165) is 44.0 Å². The van der Waals surface area contributed by atoms with Crippen LogP contribution in [0.3, 0.4) is 0 Å². The van der Waals surface area contributed by atoms with Gasteiger partial charge in [-0.25, -0.2) is 4.98 Å². The van der Waals surface area contributed by atoms with Crippen LogP contribution in [0.25, 0.3) is 99.9 Å². The standard InChI is InChI=1S/C49H31N5/c1-4-16-32(17-5-1)47-50-48(33-18-6-2-7-19-33)52-49(51-47)54-44-27-15-13-24-38(44)42-31-40(36-22-10-11-25-39(36)46(42)54)34-28-29-45-41(30-34)37-23-12-14-26-43(37)53(45)35-20-8-3-9-21-35/h1-31H. The summed E-state index contributed by atoms with van der Waals surface area (Å²) in [5.41, 5.74) is 9.89. The van der Waals surface area contributed by atoms with Crippen molar-refractivity contribution in [3.05, 3.63) is 188 Å². The molecule has 5 heteroatoms. The SMILES string of the molecule is c1ccc(-c2nc(-c3ccccc3)nc(-n3c4ccccc4c4cc(-c5ccc6c(c5)c5ccccc5n6-c5ccccc5)c5ccccc5c43)n2)cc1. The molecule has 0 saturated heterocycles. The fourth-order valence-corrected chi connectivity index (χ4v) is 8.16. The van der Waals surface area contributed by atoms with Gasteiger partial charge in [0.25, 0.3) is 0 Å². The predicted octanol–water partition coefficient (Wildman–Crippen LogP) is 12.2. The van der Waals surface area contributed by atoms with Gasteiger partial charge in [-0.2, -0.15) is 9.97 Å². The average molecular weight is 690 g/mol. The van der Waals surface area contributed by atoms with E-state index in [-0.39, 0.29) is 0 Å². The van der Waals surface area contributed by atoms with Crippen molar-refractivity contribution < 1.29 is 0 Å². The van der Waals surface area contributed by atoms with Crippen molar-refractivity contribution in [2.24, 2.45) is 0 Å². The molecule has 0 amide bonds. The second-order valence-corrected chi connectivity index (χ2v) is 13.7. The van der Waals surface area contributed by atoms with E-state index in [1.807, 2.05) is 36.4 Å². The molecule has 0 N–H and O–H groups in total. The van der Waals surface area contributed by atoms with E-state index in [4.69, 9.17) is 15.0 Å². The molecule has 0 bridgehead atoms. The van der Waals surface area contributed by atoms with Crippen molar-refractivity contribution in [2.45, 2.75) is 0 Å². The lowest BCUT2D eigenvalue weighted by Gasteiger charge is -2.14. The highest BCUT2D eigenvalue weighted by atomic mass is 15.2. The Labute approximate surface area is 311 Å². The molecule has 8 aromatic carbocycles. The Bertz CT molecular complexity index is 3140. The summed E-state index contributed by atoms with van der Waals surface area (Å²) in [5, 5.41) is 7.05. The number of hydrogen-bond donors (Lipinski definition) is 0. The molecule has 11 rings (SSSR count). The third kappa shape index (κ3) is 4.69. The Hall–Kier alpha value is -7.37. The topological polar surface area (TPSA) is 48.5 Å². The second-order valence-electron chi connectivity index (χ2n) is 13.7. The molecule has 0 aliphatic rings. The van der Waals surface area contributed by atoms with Gasteiger partial charge in [0.1, 0.15) is 0 Å². The highest BCUT2D eigenvalue weighted by Crippen LogP contribution is 2.43. The largest absolute Gasteiger partial charge is 0.309 e. The molecule has 5 nitrogen and oxygen atoms in total. The number of rotatable bonds is 5. The zero-order chi connectivity index (χ0) is 35.6. The van der Waals surface area contributed by atoms with Crippen LogP contribution >= 0.6 is 0 Å². The molecule has 54 heavy (non-hydrogen) atoms. The first-order chi connectivity index (χ1) is 26.8. The quantitative estimate of drug-likeness (QED) is 0.181. The van der Waals surface area contributed by atoms with Crippen LogP contribution in [-0.2, 0) is 0 Å². The van der Waals surface area contributed by atoms with Crippen LogP contribution in [-0.4, -0.2) is 24.1 Å². The highest BCUT2D eigenvalue weighted by Gasteiger charge is 2.22. The normalized spacial score (nSPS) is 11.7. The maximum atomic E-state index is 5.19. The third-order valence-electron chi connectivity index (χ3n) is 10.6. The molecule has 3 heterocycles. The van der Waals surface area contributed by atoms with Crippen LogP contribution in [0.2, 0.25) is 0 Å². The van der Waals surface area contributed by atoms with Gasteiger partial charge in [-0.1, -0.05) is 146 Å². The molecule has 0 radical (unpaired) electrons. The lowest BCUT2D eigenvalue weighted by molar-refractivity contribution is 0.955. The lowest BCUT2D eigenvalue weighted by Crippen LogP contribution is -2.06. The number of aromatic nitrogens is 5. The van der Waals surface area contributed by atoms with Crippen molar-refractivity contribution in [1.82, 2.24) is 24.1 Å². The number of hydrogen-bond acceptors (Lipinski definition) is 3. The summed E-state index contributed by atoms with van der Waals surface area (Å²) in [4.78, 5) is 15.4. The second kappa shape index (κ2) is 12.1.